The first-order chi connectivity index (χ1) is 23.8. The van der Waals surface area contributed by atoms with Crippen LogP contribution in [0.3, 0.4) is 0 Å². The van der Waals surface area contributed by atoms with E-state index in [1.54, 1.807) is 0 Å². The average molecular weight is 652 g/mol. The van der Waals surface area contributed by atoms with Crippen LogP contribution in [0.4, 0.5) is 0 Å². The largest absolute Gasteiger partial charge is 0.458 e. The van der Waals surface area contributed by atoms with Gasteiger partial charge >= 0.3 is 0 Å². The van der Waals surface area contributed by atoms with E-state index in [2.05, 4.69) is 169 Å². The summed E-state index contributed by atoms with van der Waals surface area (Å²) in [5, 5.41) is 2.59. The molecule has 0 spiro atoms. The second kappa shape index (κ2) is 10.6. The summed E-state index contributed by atoms with van der Waals surface area (Å²) in [6.45, 7) is 18.1. The highest BCUT2D eigenvalue weighted by molar-refractivity contribution is 6.98. The molecule has 0 unspecified atom stereocenters. The van der Waals surface area contributed by atoms with Crippen LogP contribution in [0.5, 0.6) is 23.0 Å². The molecule has 0 saturated heterocycles. The quantitative estimate of drug-likeness (QED) is 0.174. The number of rotatable bonds is 2. The van der Waals surface area contributed by atoms with Crippen LogP contribution in [-0.2, 0) is 10.8 Å². The normalized spacial score (nSPS) is 13.5. The van der Waals surface area contributed by atoms with Crippen molar-refractivity contribution in [1.29, 1.82) is 0 Å². The molecule has 6 aromatic carbocycles. The molecule has 0 N–H and O–H groups in total. The van der Waals surface area contributed by atoms with Crippen LogP contribution in [0.25, 0.3) is 38.6 Å². The molecule has 0 fully saturated rings. The second-order valence-electron chi connectivity index (χ2n) is 16.5. The van der Waals surface area contributed by atoms with Gasteiger partial charge in [0.1, 0.15) is 23.0 Å². The Hall–Kier alpha value is -5.22. The molecule has 4 heteroatoms. The predicted molar refractivity (Wildman–Crippen MR) is 211 cm³/mol. The van der Waals surface area contributed by atoms with Crippen molar-refractivity contribution in [3.05, 3.63) is 131 Å². The van der Waals surface area contributed by atoms with Gasteiger partial charge in [-0.3, -0.25) is 0 Å². The fourth-order valence-corrected chi connectivity index (χ4v) is 7.95. The highest BCUT2D eigenvalue weighted by atomic mass is 16.5. The SMILES string of the molecule is Cc1ccc2c(c1)B1c3cc(C)ccc3Oc3cc(-c4ccc(-n5c6ccc(C(C)(C)C)cc6c6cc(C(C)(C)C)ccc65)cc4)cc(c31)O2. The Morgan fingerprint density at radius 2 is 0.960 bits per heavy atom. The monoisotopic (exact) mass is 651 g/mol. The van der Waals surface area contributed by atoms with Gasteiger partial charge in [-0.15, -0.1) is 0 Å². The zero-order valence-corrected chi connectivity index (χ0v) is 30.2. The first-order valence-corrected chi connectivity index (χ1v) is 17.8. The lowest BCUT2D eigenvalue weighted by atomic mass is 9.34. The van der Waals surface area contributed by atoms with Gasteiger partial charge in [-0.1, -0.05) is 101 Å². The molecule has 2 aliphatic heterocycles. The third kappa shape index (κ3) is 4.80. The van der Waals surface area contributed by atoms with Crippen LogP contribution in [-0.4, -0.2) is 11.3 Å². The fourth-order valence-electron chi connectivity index (χ4n) is 7.95. The van der Waals surface area contributed by atoms with Gasteiger partial charge in [-0.05, 0) is 119 Å². The number of aryl methyl sites for hydroxylation is 2. The van der Waals surface area contributed by atoms with Crippen molar-refractivity contribution < 1.29 is 9.47 Å². The van der Waals surface area contributed by atoms with Crippen molar-refractivity contribution in [2.75, 3.05) is 0 Å². The average Bonchev–Trinajstić information content (AvgIpc) is 3.41. The maximum absolute atomic E-state index is 6.65. The molecule has 50 heavy (non-hydrogen) atoms. The van der Waals surface area contributed by atoms with Gasteiger partial charge in [-0.25, -0.2) is 0 Å². The highest BCUT2D eigenvalue weighted by Crippen LogP contribution is 2.40. The van der Waals surface area contributed by atoms with Gasteiger partial charge in [-0.2, -0.15) is 0 Å². The molecule has 3 heterocycles. The summed E-state index contributed by atoms with van der Waals surface area (Å²) in [5.74, 6) is 3.55. The Labute approximate surface area is 295 Å². The van der Waals surface area contributed by atoms with Crippen molar-refractivity contribution in [2.45, 2.75) is 66.2 Å². The molecule has 0 saturated carbocycles. The molecule has 0 bridgehead atoms. The summed E-state index contributed by atoms with van der Waals surface area (Å²) >= 11 is 0. The van der Waals surface area contributed by atoms with E-state index < -0.39 is 0 Å². The number of aromatic nitrogens is 1. The molecule has 0 atom stereocenters. The number of fused-ring (bicyclic) bond motifs is 7. The van der Waals surface area contributed by atoms with Gasteiger partial charge in [0, 0.05) is 21.9 Å². The van der Waals surface area contributed by atoms with Crippen molar-refractivity contribution in [3.8, 4) is 39.8 Å². The number of hydrogen-bond acceptors (Lipinski definition) is 2. The van der Waals surface area contributed by atoms with E-state index in [0.717, 1.165) is 45.3 Å². The molecule has 0 radical (unpaired) electrons. The predicted octanol–water partition coefficient (Wildman–Crippen LogP) is 10.4. The zero-order chi connectivity index (χ0) is 34.7. The van der Waals surface area contributed by atoms with Crippen LogP contribution in [0.2, 0.25) is 0 Å². The van der Waals surface area contributed by atoms with Crippen molar-refractivity contribution >= 4 is 44.9 Å². The zero-order valence-electron chi connectivity index (χ0n) is 30.2. The minimum absolute atomic E-state index is 0.0651. The number of hydrogen-bond donors (Lipinski definition) is 0. The Balaban J connectivity index is 1.17. The third-order valence-electron chi connectivity index (χ3n) is 10.7. The van der Waals surface area contributed by atoms with Gasteiger partial charge in [0.25, 0.3) is 6.71 Å². The number of nitrogens with zero attached hydrogens (tertiary/aromatic N) is 1. The maximum atomic E-state index is 6.65. The Morgan fingerprint density at radius 3 is 1.42 bits per heavy atom. The molecule has 3 nitrogen and oxygen atoms in total. The van der Waals surface area contributed by atoms with Gasteiger partial charge in [0.2, 0.25) is 0 Å². The molecule has 246 valence electrons. The Kier molecular flexibility index (Phi) is 6.56. The van der Waals surface area contributed by atoms with Crippen molar-refractivity contribution in [3.63, 3.8) is 0 Å². The summed E-state index contributed by atoms with van der Waals surface area (Å²) in [7, 11) is 0. The highest BCUT2D eigenvalue weighted by Gasteiger charge is 2.40. The van der Waals surface area contributed by atoms with Crippen LogP contribution in [0.15, 0.2) is 109 Å². The van der Waals surface area contributed by atoms with E-state index in [0.29, 0.717) is 0 Å². The molecule has 2 aliphatic rings. The second-order valence-corrected chi connectivity index (χ2v) is 16.5. The van der Waals surface area contributed by atoms with Gasteiger partial charge in [0.15, 0.2) is 0 Å². The first kappa shape index (κ1) is 30.8. The molecular formula is C46H42BNO2. The van der Waals surface area contributed by atoms with Gasteiger partial charge < -0.3 is 14.0 Å². The summed E-state index contributed by atoms with van der Waals surface area (Å²) in [4.78, 5) is 0. The van der Waals surface area contributed by atoms with Crippen LogP contribution >= 0.6 is 0 Å². The van der Waals surface area contributed by atoms with E-state index in [-0.39, 0.29) is 17.5 Å². The van der Waals surface area contributed by atoms with E-state index in [1.165, 1.54) is 55.0 Å². The van der Waals surface area contributed by atoms with E-state index in [1.807, 2.05) is 0 Å². The number of ether oxygens (including phenoxy) is 2. The van der Waals surface area contributed by atoms with Crippen molar-refractivity contribution in [2.24, 2.45) is 0 Å². The molecule has 1 aromatic heterocycles. The number of benzene rings is 6. The van der Waals surface area contributed by atoms with Crippen LogP contribution in [0.1, 0.15) is 63.8 Å². The first-order valence-electron chi connectivity index (χ1n) is 17.8. The summed E-state index contributed by atoms with van der Waals surface area (Å²) in [6.07, 6.45) is 0. The van der Waals surface area contributed by atoms with E-state index >= 15 is 0 Å². The summed E-state index contributed by atoms with van der Waals surface area (Å²) in [5.41, 5.74) is 14.5. The third-order valence-corrected chi connectivity index (χ3v) is 10.7. The molecular weight excluding hydrogens is 609 g/mol. The fraction of sp³-hybridized carbons (Fsp3) is 0.217. The Morgan fingerprint density at radius 1 is 0.480 bits per heavy atom. The van der Waals surface area contributed by atoms with Crippen LogP contribution in [0, 0.1) is 13.8 Å². The van der Waals surface area contributed by atoms with E-state index in [9.17, 15) is 0 Å². The van der Waals surface area contributed by atoms with E-state index in [4.69, 9.17) is 9.47 Å². The molecule has 0 aliphatic carbocycles. The minimum Gasteiger partial charge on any atom is -0.458 e. The summed E-state index contributed by atoms with van der Waals surface area (Å²) < 4.78 is 15.7. The smallest absolute Gasteiger partial charge is 0.260 e. The molecule has 7 aromatic rings. The maximum Gasteiger partial charge on any atom is 0.260 e. The molecule has 0 amide bonds. The standard InChI is InChI=1S/C46H42BNO2/c1-27-9-19-40-36(21-27)47-37-22-28(2)10-20-41(37)50-43-24-30(23-42(49-40)44(43)47)29-11-15-33(16-12-29)48-38-17-13-31(45(3,4)5)25-34(38)35-26-32(46(6,7)8)14-18-39(35)48/h9-26H,1-8H3. The lowest BCUT2D eigenvalue weighted by Crippen LogP contribution is -2.57. The van der Waals surface area contributed by atoms with Gasteiger partial charge in [0.05, 0.1) is 11.0 Å². The lowest BCUT2D eigenvalue weighted by molar-refractivity contribution is 0.465. The molecule has 9 rings (SSSR count). The minimum atomic E-state index is 0.0651. The van der Waals surface area contributed by atoms with Crippen molar-refractivity contribution in [1.82, 2.24) is 4.57 Å². The summed E-state index contributed by atoms with van der Waals surface area (Å²) in [6, 6.07) is 40.3. The lowest BCUT2D eigenvalue weighted by Gasteiger charge is -2.33. The van der Waals surface area contributed by atoms with Crippen LogP contribution < -0.4 is 25.9 Å². The Bertz CT molecular complexity index is 2380. The topological polar surface area (TPSA) is 23.4 Å².